The highest BCUT2D eigenvalue weighted by molar-refractivity contribution is 5.82. The van der Waals surface area contributed by atoms with E-state index in [4.69, 9.17) is 5.11 Å². The minimum atomic E-state index is -0.906. The largest absolute Gasteiger partial charge is 0.480 e. The Hall–Kier alpha value is -1.10. The Morgan fingerprint density at radius 3 is 2.31 bits per heavy atom. The van der Waals surface area contributed by atoms with Crippen LogP contribution in [0, 0.1) is 0 Å². The fourth-order valence-electron chi connectivity index (χ4n) is 1.35. The van der Waals surface area contributed by atoms with Crippen molar-refractivity contribution >= 4 is 11.9 Å². The van der Waals surface area contributed by atoms with Crippen molar-refractivity contribution in [3.8, 4) is 0 Å². The minimum Gasteiger partial charge on any atom is -0.480 e. The van der Waals surface area contributed by atoms with Crippen LogP contribution in [0.3, 0.4) is 0 Å². The predicted octanol–water partition coefficient (Wildman–Crippen LogP) is 0.744. The summed E-state index contributed by atoms with van der Waals surface area (Å²) in [4.78, 5) is 22.4. The van der Waals surface area contributed by atoms with Crippen molar-refractivity contribution < 1.29 is 14.7 Å². The number of hydrogen-bond donors (Lipinski definition) is 3. The molecule has 2 atom stereocenters. The van der Waals surface area contributed by atoms with Gasteiger partial charge in [-0.25, -0.2) is 0 Å². The molecule has 5 heteroatoms. The quantitative estimate of drug-likeness (QED) is 0.575. The van der Waals surface area contributed by atoms with Gasteiger partial charge in [-0.3, -0.25) is 14.9 Å². The third-order valence-corrected chi connectivity index (χ3v) is 2.27. The van der Waals surface area contributed by atoms with Gasteiger partial charge in [-0.2, -0.15) is 0 Å². The summed E-state index contributed by atoms with van der Waals surface area (Å²) >= 11 is 0. The number of carboxylic acid groups (broad SMARTS) is 1. The van der Waals surface area contributed by atoms with Crippen LogP contribution in [0.2, 0.25) is 0 Å². The normalized spacial score (nSPS) is 14.2. The van der Waals surface area contributed by atoms with Crippen molar-refractivity contribution in [3.63, 3.8) is 0 Å². The van der Waals surface area contributed by atoms with E-state index in [9.17, 15) is 9.59 Å². The van der Waals surface area contributed by atoms with Crippen molar-refractivity contribution in [1.29, 1.82) is 0 Å². The zero-order valence-electron chi connectivity index (χ0n) is 10.2. The van der Waals surface area contributed by atoms with E-state index in [1.807, 2.05) is 13.8 Å². The zero-order chi connectivity index (χ0) is 12.6. The van der Waals surface area contributed by atoms with E-state index in [2.05, 4.69) is 10.6 Å². The van der Waals surface area contributed by atoms with Crippen LogP contribution >= 0.6 is 0 Å². The molecule has 0 saturated carbocycles. The third kappa shape index (κ3) is 5.70. The first-order chi connectivity index (χ1) is 7.52. The van der Waals surface area contributed by atoms with Crippen LogP contribution in [0.5, 0.6) is 0 Å². The van der Waals surface area contributed by atoms with Gasteiger partial charge in [0.1, 0.15) is 6.04 Å². The predicted molar refractivity (Wildman–Crippen MR) is 62.2 cm³/mol. The number of hydrogen-bond acceptors (Lipinski definition) is 3. The number of rotatable bonds is 8. The molecule has 0 heterocycles. The highest BCUT2D eigenvalue weighted by atomic mass is 16.4. The molecule has 16 heavy (non-hydrogen) atoms. The maximum absolute atomic E-state index is 11.5. The number of carbonyl (C=O) groups is 2. The van der Waals surface area contributed by atoms with E-state index in [1.165, 1.54) is 0 Å². The second kappa shape index (κ2) is 8.10. The lowest BCUT2D eigenvalue weighted by molar-refractivity contribution is -0.140. The Morgan fingerprint density at radius 1 is 1.25 bits per heavy atom. The van der Waals surface area contributed by atoms with Gasteiger partial charge in [0.05, 0.1) is 6.04 Å². The van der Waals surface area contributed by atoms with Crippen molar-refractivity contribution in [1.82, 2.24) is 10.6 Å². The lowest BCUT2D eigenvalue weighted by Gasteiger charge is -2.19. The smallest absolute Gasteiger partial charge is 0.320 e. The lowest BCUT2D eigenvalue weighted by Crippen LogP contribution is -2.49. The summed E-state index contributed by atoms with van der Waals surface area (Å²) in [5.41, 5.74) is 0. The van der Waals surface area contributed by atoms with Crippen molar-refractivity contribution in [3.05, 3.63) is 0 Å². The number of amides is 1. The molecule has 0 aromatic rings. The van der Waals surface area contributed by atoms with Crippen LogP contribution in [0.4, 0.5) is 0 Å². The molecule has 0 radical (unpaired) electrons. The van der Waals surface area contributed by atoms with Crippen LogP contribution in [-0.4, -0.2) is 35.6 Å². The molecule has 0 aliphatic rings. The summed E-state index contributed by atoms with van der Waals surface area (Å²) in [7, 11) is 0. The van der Waals surface area contributed by atoms with Crippen LogP contribution < -0.4 is 10.6 Å². The Balaban J connectivity index is 4.12. The van der Waals surface area contributed by atoms with Gasteiger partial charge in [-0.1, -0.05) is 20.3 Å². The van der Waals surface area contributed by atoms with Gasteiger partial charge in [0.2, 0.25) is 5.91 Å². The average molecular weight is 230 g/mol. The van der Waals surface area contributed by atoms with Gasteiger partial charge < -0.3 is 10.4 Å². The van der Waals surface area contributed by atoms with Gasteiger partial charge >= 0.3 is 5.97 Å². The fraction of sp³-hybridized carbons (Fsp3) is 0.818. The Morgan fingerprint density at radius 2 is 1.88 bits per heavy atom. The Bertz CT molecular complexity index is 231. The zero-order valence-corrected chi connectivity index (χ0v) is 10.2. The van der Waals surface area contributed by atoms with Gasteiger partial charge in [-0.15, -0.1) is 0 Å². The Labute approximate surface area is 96.6 Å². The van der Waals surface area contributed by atoms with Gasteiger partial charge in [0, 0.05) is 6.54 Å². The maximum Gasteiger partial charge on any atom is 0.320 e. The summed E-state index contributed by atoms with van der Waals surface area (Å²) in [5.74, 6) is -1.05. The standard InChI is InChI=1S/C11H22N2O3/c1-4-6-9(11(15)16)13-8(3)10(14)12-7-5-2/h8-9,13H,4-7H2,1-3H3,(H,12,14)(H,15,16). The van der Waals surface area contributed by atoms with E-state index < -0.39 is 18.1 Å². The highest BCUT2D eigenvalue weighted by Crippen LogP contribution is 1.98. The first kappa shape index (κ1) is 14.9. The molecule has 0 aliphatic heterocycles. The van der Waals surface area contributed by atoms with Gasteiger partial charge in [0.25, 0.3) is 0 Å². The molecular weight excluding hydrogens is 208 g/mol. The van der Waals surface area contributed by atoms with E-state index in [0.717, 1.165) is 12.8 Å². The summed E-state index contributed by atoms with van der Waals surface area (Å²) in [6.07, 6.45) is 2.17. The average Bonchev–Trinajstić information content (AvgIpc) is 2.24. The second-order valence-electron chi connectivity index (χ2n) is 3.86. The molecule has 1 amide bonds. The number of nitrogens with one attached hydrogen (secondary N) is 2. The molecule has 0 bridgehead atoms. The second-order valence-corrected chi connectivity index (χ2v) is 3.86. The van der Waals surface area contributed by atoms with Crippen LogP contribution in [-0.2, 0) is 9.59 Å². The topological polar surface area (TPSA) is 78.4 Å². The summed E-state index contributed by atoms with van der Waals surface area (Å²) in [6, 6.07) is -1.12. The lowest BCUT2D eigenvalue weighted by atomic mass is 10.1. The van der Waals surface area contributed by atoms with E-state index in [0.29, 0.717) is 13.0 Å². The molecule has 5 nitrogen and oxygen atoms in total. The molecule has 0 aromatic carbocycles. The molecule has 2 unspecified atom stereocenters. The van der Waals surface area contributed by atoms with Gasteiger partial charge in [-0.05, 0) is 19.8 Å². The summed E-state index contributed by atoms with van der Waals surface area (Å²) in [6.45, 7) is 6.18. The van der Waals surface area contributed by atoms with Crippen LogP contribution in [0.1, 0.15) is 40.0 Å². The van der Waals surface area contributed by atoms with Crippen molar-refractivity contribution in [2.75, 3.05) is 6.54 Å². The van der Waals surface area contributed by atoms with Crippen molar-refractivity contribution in [2.45, 2.75) is 52.1 Å². The molecule has 0 fully saturated rings. The maximum atomic E-state index is 11.5. The molecule has 0 saturated heterocycles. The number of carbonyl (C=O) groups excluding carboxylic acids is 1. The molecule has 94 valence electrons. The fourth-order valence-corrected chi connectivity index (χ4v) is 1.35. The number of aliphatic carboxylic acids is 1. The van der Waals surface area contributed by atoms with E-state index in [1.54, 1.807) is 6.92 Å². The molecule has 0 aromatic heterocycles. The minimum absolute atomic E-state index is 0.149. The molecular formula is C11H22N2O3. The molecule has 0 spiro atoms. The first-order valence-electron chi connectivity index (χ1n) is 5.79. The molecule has 3 N–H and O–H groups in total. The highest BCUT2D eigenvalue weighted by Gasteiger charge is 2.21. The van der Waals surface area contributed by atoms with E-state index in [-0.39, 0.29) is 5.91 Å². The molecule has 0 aliphatic carbocycles. The Kier molecular flexibility index (Phi) is 7.54. The molecule has 0 rings (SSSR count). The summed E-state index contributed by atoms with van der Waals surface area (Å²) in [5, 5.41) is 14.5. The van der Waals surface area contributed by atoms with Crippen LogP contribution in [0.15, 0.2) is 0 Å². The monoisotopic (exact) mass is 230 g/mol. The SMILES string of the molecule is CCCNC(=O)C(C)NC(CCC)C(=O)O. The van der Waals surface area contributed by atoms with Crippen molar-refractivity contribution in [2.24, 2.45) is 0 Å². The first-order valence-corrected chi connectivity index (χ1v) is 5.79. The van der Waals surface area contributed by atoms with Crippen LogP contribution in [0.25, 0.3) is 0 Å². The summed E-state index contributed by atoms with van der Waals surface area (Å²) < 4.78 is 0. The van der Waals surface area contributed by atoms with Gasteiger partial charge in [0.15, 0.2) is 0 Å². The number of carboxylic acids is 1. The third-order valence-electron chi connectivity index (χ3n) is 2.27. The van der Waals surface area contributed by atoms with E-state index >= 15 is 0 Å².